The van der Waals surface area contributed by atoms with Crippen LogP contribution in [0.1, 0.15) is 0 Å². The van der Waals surface area contributed by atoms with Gasteiger partial charge in [-0.05, 0) is 81.9 Å². The van der Waals surface area contributed by atoms with E-state index in [9.17, 15) is 0 Å². The van der Waals surface area contributed by atoms with Gasteiger partial charge in [0.2, 0.25) is 11.9 Å². The van der Waals surface area contributed by atoms with Crippen molar-refractivity contribution >= 4 is 65.6 Å². The largest absolute Gasteiger partial charge is 0.456 e. The highest BCUT2D eigenvalue weighted by molar-refractivity contribution is 6.12. The van der Waals surface area contributed by atoms with Gasteiger partial charge in [0.05, 0.1) is 22.1 Å². The number of rotatable bonds is 6. The predicted molar refractivity (Wildman–Crippen MR) is 258 cm³/mol. The van der Waals surface area contributed by atoms with Crippen LogP contribution in [0, 0.1) is 0 Å². The molecule has 0 fully saturated rings. The molecule has 0 bridgehead atoms. The fourth-order valence-electron chi connectivity index (χ4n) is 9.42. The van der Waals surface area contributed by atoms with Crippen LogP contribution in [-0.2, 0) is 0 Å². The lowest BCUT2D eigenvalue weighted by molar-refractivity contribution is 0.669. The summed E-state index contributed by atoms with van der Waals surface area (Å²) in [5.41, 5.74) is 13.3. The Morgan fingerprint density at radius 3 is 1.35 bits per heavy atom. The van der Waals surface area contributed by atoms with E-state index in [4.69, 9.17) is 19.4 Å². The SMILES string of the molecule is c1ccc(-c2ccc3c4ccc(-c5ccccc5)cc4n(-c4nc(-c5cccc(-c6ccc7oc8ccccc8c7c6)c5)nc(-n5c6ccccc6c6ccccc65)n4)c3c2)cc1. The fourth-order valence-corrected chi connectivity index (χ4v) is 9.42. The van der Waals surface area contributed by atoms with Gasteiger partial charge in [-0.15, -0.1) is 0 Å². The smallest absolute Gasteiger partial charge is 0.240 e. The Morgan fingerprint density at radius 1 is 0.270 bits per heavy atom. The van der Waals surface area contributed by atoms with Crippen LogP contribution in [0.4, 0.5) is 0 Å². The van der Waals surface area contributed by atoms with Crippen LogP contribution in [-0.4, -0.2) is 24.1 Å². The third kappa shape index (κ3) is 5.69. The number of hydrogen-bond acceptors (Lipinski definition) is 4. The van der Waals surface area contributed by atoms with Crippen molar-refractivity contribution in [1.29, 1.82) is 0 Å². The Bertz CT molecular complexity index is 3770. The van der Waals surface area contributed by atoms with Crippen molar-refractivity contribution in [2.24, 2.45) is 0 Å². The van der Waals surface area contributed by atoms with Crippen molar-refractivity contribution < 1.29 is 4.42 Å². The Labute approximate surface area is 361 Å². The first-order valence-corrected chi connectivity index (χ1v) is 21.2. The van der Waals surface area contributed by atoms with Gasteiger partial charge in [-0.1, -0.05) is 164 Å². The topological polar surface area (TPSA) is 61.7 Å². The summed E-state index contributed by atoms with van der Waals surface area (Å²) in [6.07, 6.45) is 0. The van der Waals surface area contributed by atoms with Gasteiger partial charge in [0.15, 0.2) is 5.82 Å². The molecule has 13 aromatic rings. The number of benzene rings is 9. The van der Waals surface area contributed by atoms with Crippen LogP contribution in [0.3, 0.4) is 0 Å². The van der Waals surface area contributed by atoms with Crippen LogP contribution in [0.5, 0.6) is 0 Å². The summed E-state index contributed by atoms with van der Waals surface area (Å²) in [6.45, 7) is 0. The van der Waals surface area contributed by atoms with Gasteiger partial charge < -0.3 is 4.42 Å². The first-order valence-electron chi connectivity index (χ1n) is 21.2. The monoisotopic (exact) mass is 805 g/mol. The van der Waals surface area contributed by atoms with Gasteiger partial charge in [0, 0.05) is 37.9 Å². The van der Waals surface area contributed by atoms with E-state index in [1.165, 1.54) is 0 Å². The molecule has 0 atom stereocenters. The average molecular weight is 806 g/mol. The zero-order valence-corrected chi connectivity index (χ0v) is 33.9. The van der Waals surface area contributed by atoms with Crippen molar-refractivity contribution in [3.63, 3.8) is 0 Å². The van der Waals surface area contributed by atoms with Crippen LogP contribution < -0.4 is 0 Å². The summed E-state index contributed by atoms with van der Waals surface area (Å²) < 4.78 is 10.6. The Hall–Kier alpha value is -8.61. The second-order valence-corrected chi connectivity index (χ2v) is 16.1. The molecule has 0 spiro atoms. The third-order valence-corrected chi connectivity index (χ3v) is 12.4. The molecule has 0 saturated carbocycles. The molecule has 13 rings (SSSR count). The molecular weight excluding hydrogens is 771 g/mol. The Kier molecular flexibility index (Phi) is 7.80. The van der Waals surface area contributed by atoms with E-state index in [-0.39, 0.29) is 0 Å². The lowest BCUT2D eigenvalue weighted by atomic mass is 10.0. The molecule has 0 amide bonds. The van der Waals surface area contributed by atoms with E-state index < -0.39 is 0 Å². The van der Waals surface area contributed by atoms with E-state index in [0.717, 1.165) is 104 Å². The second-order valence-electron chi connectivity index (χ2n) is 16.1. The molecule has 294 valence electrons. The number of para-hydroxylation sites is 3. The molecule has 0 saturated heterocycles. The summed E-state index contributed by atoms with van der Waals surface area (Å²) in [6, 6.07) is 74.6. The van der Waals surface area contributed by atoms with Gasteiger partial charge in [-0.2, -0.15) is 15.0 Å². The number of nitrogens with zero attached hydrogens (tertiary/aromatic N) is 5. The maximum atomic E-state index is 6.19. The normalized spacial score (nSPS) is 11.8. The lowest BCUT2D eigenvalue weighted by Crippen LogP contribution is -2.10. The fraction of sp³-hybridized carbons (Fsp3) is 0. The number of furan rings is 1. The minimum atomic E-state index is 0.531. The Morgan fingerprint density at radius 2 is 0.714 bits per heavy atom. The summed E-state index contributed by atoms with van der Waals surface area (Å²) >= 11 is 0. The quantitative estimate of drug-likeness (QED) is 0.168. The maximum absolute atomic E-state index is 6.19. The molecular formula is C57H35N5O. The van der Waals surface area contributed by atoms with Gasteiger partial charge >= 0.3 is 0 Å². The first kappa shape index (κ1) is 35.2. The third-order valence-electron chi connectivity index (χ3n) is 12.4. The van der Waals surface area contributed by atoms with Crippen LogP contribution in [0.25, 0.3) is 122 Å². The molecule has 63 heavy (non-hydrogen) atoms. The first-order chi connectivity index (χ1) is 31.2. The summed E-state index contributed by atoms with van der Waals surface area (Å²) in [7, 11) is 0. The zero-order valence-electron chi connectivity index (χ0n) is 33.9. The standard InChI is InChI=1S/C57H35N5O/c1-3-14-36(15-4-1)40-26-29-45-46-30-27-41(37-16-5-2-6-17-37)35-52(46)62(51(45)34-40)57-59-55(58-56(60-57)61-49-23-10-7-20-43(49)44-21-8-11-24-50(44)61)42-19-13-18-38(32-42)39-28-31-54-48(33-39)47-22-9-12-25-53(47)63-54/h1-35H. The molecule has 4 heterocycles. The molecule has 0 aliphatic heterocycles. The van der Waals surface area contributed by atoms with E-state index in [2.05, 4.69) is 209 Å². The van der Waals surface area contributed by atoms with Crippen LogP contribution in [0.2, 0.25) is 0 Å². The highest BCUT2D eigenvalue weighted by Crippen LogP contribution is 2.39. The number of hydrogen-bond donors (Lipinski definition) is 0. The molecule has 0 N–H and O–H groups in total. The highest BCUT2D eigenvalue weighted by atomic mass is 16.3. The molecule has 9 aromatic carbocycles. The predicted octanol–water partition coefficient (Wildman–Crippen LogP) is 14.6. The van der Waals surface area contributed by atoms with Crippen LogP contribution in [0.15, 0.2) is 217 Å². The number of aromatic nitrogens is 5. The maximum Gasteiger partial charge on any atom is 0.240 e. The van der Waals surface area contributed by atoms with Crippen molar-refractivity contribution in [2.75, 3.05) is 0 Å². The molecule has 0 unspecified atom stereocenters. The van der Waals surface area contributed by atoms with Crippen molar-refractivity contribution in [2.45, 2.75) is 0 Å². The van der Waals surface area contributed by atoms with E-state index >= 15 is 0 Å². The number of fused-ring (bicyclic) bond motifs is 9. The molecule has 4 aromatic heterocycles. The van der Waals surface area contributed by atoms with E-state index in [0.29, 0.717) is 17.7 Å². The van der Waals surface area contributed by atoms with Gasteiger partial charge in [-0.3, -0.25) is 9.13 Å². The summed E-state index contributed by atoms with van der Waals surface area (Å²) in [4.78, 5) is 16.3. The molecule has 0 radical (unpaired) electrons. The van der Waals surface area contributed by atoms with Gasteiger partial charge in [0.1, 0.15) is 11.2 Å². The van der Waals surface area contributed by atoms with E-state index in [1.54, 1.807) is 0 Å². The highest BCUT2D eigenvalue weighted by Gasteiger charge is 2.22. The average Bonchev–Trinajstić information content (AvgIpc) is 4.01. The summed E-state index contributed by atoms with van der Waals surface area (Å²) in [5.74, 6) is 1.64. The van der Waals surface area contributed by atoms with Crippen molar-refractivity contribution in [3.8, 4) is 56.7 Å². The summed E-state index contributed by atoms with van der Waals surface area (Å²) in [5, 5.41) is 6.69. The zero-order chi connectivity index (χ0) is 41.4. The minimum absolute atomic E-state index is 0.531. The van der Waals surface area contributed by atoms with Crippen molar-refractivity contribution in [1.82, 2.24) is 24.1 Å². The molecule has 0 aliphatic rings. The molecule has 6 heteroatoms. The van der Waals surface area contributed by atoms with Gasteiger partial charge in [-0.25, -0.2) is 0 Å². The van der Waals surface area contributed by atoms with Gasteiger partial charge in [0.25, 0.3) is 0 Å². The lowest BCUT2D eigenvalue weighted by Gasteiger charge is -2.14. The second kappa shape index (κ2) is 14.0. The Balaban J connectivity index is 1.09. The van der Waals surface area contributed by atoms with Crippen LogP contribution >= 0.6 is 0 Å². The molecule has 6 nitrogen and oxygen atoms in total. The minimum Gasteiger partial charge on any atom is -0.456 e. The van der Waals surface area contributed by atoms with Crippen molar-refractivity contribution in [3.05, 3.63) is 212 Å². The molecule has 0 aliphatic carbocycles. The van der Waals surface area contributed by atoms with E-state index in [1.807, 2.05) is 12.1 Å².